The average Bonchev–Trinajstić information content (AvgIpc) is 3.50. The van der Waals surface area contributed by atoms with Gasteiger partial charge in [-0.3, -0.25) is 0 Å². The molecule has 2 aliphatic heterocycles. The van der Waals surface area contributed by atoms with Gasteiger partial charge in [-0.15, -0.1) is 0 Å². The van der Waals surface area contributed by atoms with Crippen LogP contribution in [0.1, 0.15) is 37.3 Å². The van der Waals surface area contributed by atoms with Crippen molar-refractivity contribution in [2.75, 3.05) is 6.54 Å². The number of fused-ring (bicyclic) bond motifs is 3. The number of guanidine groups is 1. The summed E-state index contributed by atoms with van der Waals surface area (Å²) in [7, 11) is 0. The minimum atomic E-state index is 0.345. The van der Waals surface area contributed by atoms with E-state index in [-0.39, 0.29) is 0 Å². The van der Waals surface area contributed by atoms with Gasteiger partial charge < -0.3 is 19.9 Å². The maximum absolute atomic E-state index is 5.96. The highest BCUT2D eigenvalue weighted by molar-refractivity contribution is 5.80. The van der Waals surface area contributed by atoms with Crippen LogP contribution in [0.2, 0.25) is 0 Å². The van der Waals surface area contributed by atoms with Gasteiger partial charge >= 0.3 is 0 Å². The van der Waals surface area contributed by atoms with Gasteiger partial charge in [-0.2, -0.15) is 0 Å². The summed E-state index contributed by atoms with van der Waals surface area (Å²) < 4.78 is 8.15. The van der Waals surface area contributed by atoms with Crippen LogP contribution in [-0.2, 0) is 17.8 Å². The first-order valence-corrected chi connectivity index (χ1v) is 11.0. The second-order valence-corrected chi connectivity index (χ2v) is 8.23. The van der Waals surface area contributed by atoms with Crippen molar-refractivity contribution in [3.8, 4) is 0 Å². The lowest BCUT2D eigenvalue weighted by Crippen LogP contribution is -2.47. The molecule has 2 aromatic carbocycles. The Bertz CT molecular complexity index is 1030. The summed E-state index contributed by atoms with van der Waals surface area (Å²) in [4.78, 5) is 9.28. The smallest absolute Gasteiger partial charge is 0.191 e. The number of hydrogen-bond donors (Lipinski definition) is 2. The third-order valence-electron chi connectivity index (χ3n) is 6.10. The minimum Gasteiger partial charge on any atom is -0.373 e. The second kappa shape index (κ2) is 8.48. The molecule has 0 radical (unpaired) electrons. The average molecular weight is 404 g/mol. The van der Waals surface area contributed by atoms with E-state index in [9.17, 15) is 0 Å². The van der Waals surface area contributed by atoms with Crippen molar-refractivity contribution in [1.29, 1.82) is 0 Å². The first kappa shape index (κ1) is 19.1. The van der Waals surface area contributed by atoms with Gasteiger partial charge in [-0.1, -0.05) is 36.4 Å². The van der Waals surface area contributed by atoms with E-state index in [2.05, 4.69) is 63.5 Å². The summed E-state index contributed by atoms with van der Waals surface area (Å²) in [6.45, 7) is 4.43. The SMILES string of the molecule is CCNC(=NCc1ccc(Cn2cnc3ccccc32)cc1)NC1CC2CCC1O2. The molecule has 6 heteroatoms. The molecular weight excluding hydrogens is 374 g/mol. The van der Waals surface area contributed by atoms with Crippen molar-refractivity contribution in [3.05, 3.63) is 66.0 Å². The van der Waals surface area contributed by atoms with Crippen LogP contribution in [0.3, 0.4) is 0 Å². The Balaban J connectivity index is 1.22. The van der Waals surface area contributed by atoms with E-state index in [1.165, 1.54) is 17.5 Å². The van der Waals surface area contributed by atoms with E-state index >= 15 is 0 Å². The van der Waals surface area contributed by atoms with E-state index in [0.717, 1.165) is 42.9 Å². The fourth-order valence-corrected chi connectivity index (χ4v) is 4.54. The van der Waals surface area contributed by atoms with Crippen molar-refractivity contribution in [2.24, 2.45) is 4.99 Å². The van der Waals surface area contributed by atoms with Crippen LogP contribution in [0.4, 0.5) is 0 Å². The quantitative estimate of drug-likeness (QED) is 0.489. The summed E-state index contributed by atoms with van der Waals surface area (Å²) >= 11 is 0. The minimum absolute atomic E-state index is 0.345. The zero-order valence-corrected chi connectivity index (χ0v) is 17.4. The number of para-hydroxylation sites is 2. The Morgan fingerprint density at radius 3 is 2.73 bits per heavy atom. The molecule has 2 aliphatic rings. The van der Waals surface area contributed by atoms with Crippen molar-refractivity contribution in [3.63, 3.8) is 0 Å². The molecule has 30 heavy (non-hydrogen) atoms. The molecular formula is C24H29N5O. The van der Waals surface area contributed by atoms with Gasteiger partial charge in [0.25, 0.3) is 0 Å². The van der Waals surface area contributed by atoms with E-state index in [1.54, 1.807) is 0 Å². The highest BCUT2D eigenvalue weighted by atomic mass is 16.5. The van der Waals surface area contributed by atoms with Gasteiger partial charge in [0.1, 0.15) is 0 Å². The normalized spacial score (nSPS) is 23.2. The molecule has 3 heterocycles. The van der Waals surface area contributed by atoms with Crippen LogP contribution in [0.5, 0.6) is 0 Å². The first-order chi connectivity index (χ1) is 14.8. The number of nitrogens with zero attached hydrogens (tertiary/aromatic N) is 3. The van der Waals surface area contributed by atoms with Gasteiger partial charge in [0.2, 0.25) is 0 Å². The van der Waals surface area contributed by atoms with Crippen LogP contribution in [0.25, 0.3) is 11.0 Å². The number of ether oxygens (including phenoxy) is 1. The van der Waals surface area contributed by atoms with E-state index < -0.39 is 0 Å². The predicted octanol–water partition coefficient (Wildman–Crippen LogP) is 3.46. The standard InChI is InChI=1S/C24H29N5O/c1-2-25-24(28-21-13-19-11-12-23(21)30-19)26-14-17-7-9-18(10-8-17)15-29-16-27-20-5-3-4-6-22(20)29/h3-10,16,19,21,23H,2,11-15H2,1H3,(H2,25,26,28). The summed E-state index contributed by atoms with van der Waals surface area (Å²) in [5, 5.41) is 6.95. The molecule has 1 aromatic heterocycles. The lowest BCUT2D eigenvalue weighted by Gasteiger charge is -2.22. The predicted molar refractivity (Wildman–Crippen MR) is 120 cm³/mol. The number of hydrogen-bond acceptors (Lipinski definition) is 3. The summed E-state index contributed by atoms with van der Waals surface area (Å²) in [5.41, 5.74) is 4.66. The molecule has 6 nitrogen and oxygen atoms in total. The molecule has 2 saturated heterocycles. The summed E-state index contributed by atoms with van der Waals surface area (Å²) in [5.74, 6) is 0.882. The van der Waals surface area contributed by atoms with Gasteiger partial charge in [0, 0.05) is 13.1 Å². The molecule has 2 fully saturated rings. The third-order valence-corrected chi connectivity index (χ3v) is 6.10. The fourth-order valence-electron chi connectivity index (χ4n) is 4.54. The Morgan fingerprint density at radius 2 is 1.97 bits per heavy atom. The highest BCUT2D eigenvalue weighted by Gasteiger charge is 2.41. The molecule has 3 atom stereocenters. The topological polar surface area (TPSA) is 63.5 Å². The Labute approximate surface area is 177 Å². The second-order valence-electron chi connectivity index (χ2n) is 8.23. The molecule has 3 aromatic rings. The lowest BCUT2D eigenvalue weighted by molar-refractivity contribution is 0.0992. The van der Waals surface area contributed by atoms with E-state index in [4.69, 9.17) is 9.73 Å². The Hall–Kier alpha value is -2.86. The maximum atomic E-state index is 5.96. The molecule has 2 N–H and O–H groups in total. The van der Waals surface area contributed by atoms with Crippen LogP contribution in [0.15, 0.2) is 59.9 Å². The van der Waals surface area contributed by atoms with Crippen molar-refractivity contribution in [2.45, 2.75) is 57.5 Å². The molecule has 3 unspecified atom stereocenters. The molecule has 0 amide bonds. The maximum Gasteiger partial charge on any atom is 0.191 e. The van der Waals surface area contributed by atoms with Crippen molar-refractivity contribution in [1.82, 2.24) is 20.2 Å². The number of benzene rings is 2. The lowest BCUT2D eigenvalue weighted by atomic mass is 9.96. The van der Waals surface area contributed by atoms with E-state index in [1.807, 2.05) is 18.5 Å². The zero-order chi connectivity index (χ0) is 20.3. The largest absolute Gasteiger partial charge is 0.373 e. The monoisotopic (exact) mass is 403 g/mol. The number of aromatic nitrogens is 2. The van der Waals surface area contributed by atoms with Crippen LogP contribution >= 0.6 is 0 Å². The zero-order valence-electron chi connectivity index (χ0n) is 17.4. The van der Waals surface area contributed by atoms with Crippen molar-refractivity contribution < 1.29 is 4.74 Å². The molecule has 0 aliphatic carbocycles. The molecule has 2 bridgehead atoms. The van der Waals surface area contributed by atoms with Gasteiger partial charge in [-0.05, 0) is 49.4 Å². The highest BCUT2D eigenvalue weighted by Crippen LogP contribution is 2.34. The van der Waals surface area contributed by atoms with Gasteiger partial charge in [-0.25, -0.2) is 9.98 Å². The number of imidazole rings is 1. The van der Waals surface area contributed by atoms with Gasteiger partial charge in [0.05, 0.1) is 42.2 Å². The molecule has 156 valence electrons. The van der Waals surface area contributed by atoms with E-state index in [0.29, 0.717) is 24.8 Å². The molecule has 5 rings (SSSR count). The summed E-state index contributed by atoms with van der Waals surface area (Å²) in [6, 6.07) is 17.3. The van der Waals surface area contributed by atoms with Crippen LogP contribution in [-0.4, -0.2) is 40.3 Å². The number of aliphatic imine (C=N–C) groups is 1. The number of nitrogens with one attached hydrogen (secondary N) is 2. The van der Waals surface area contributed by atoms with Crippen molar-refractivity contribution >= 4 is 17.0 Å². The van der Waals surface area contributed by atoms with Crippen LogP contribution < -0.4 is 10.6 Å². The van der Waals surface area contributed by atoms with Crippen LogP contribution in [0, 0.1) is 0 Å². The Morgan fingerprint density at radius 1 is 1.13 bits per heavy atom. The molecule has 0 saturated carbocycles. The summed E-state index contributed by atoms with van der Waals surface area (Å²) in [6.07, 6.45) is 6.16. The molecule has 0 spiro atoms. The fraction of sp³-hybridized carbons (Fsp3) is 0.417. The number of rotatable bonds is 6. The third kappa shape index (κ3) is 4.05. The van der Waals surface area contributed by atoms with Gasteiger partial charge in [0.15, 0.2) is 5.96 Å². The first-order valence-electron chi connectivity index (χ1n) is 11.0. The Kier molecular flexibility index (Phi) is 5.41.